The van der Waals surface area contributed by atoms with E-state index in [4.69, 9.17) is 4.74 Å². The summed E-state index contributed by atoms with van der Waals surface area (Å²) in [7, 11) is 1.76. The van der Waals surface area contributed by atoms with Crippen LogP contribution in [0.4, 0.5) is 0 Å². The Bertz CT molecular complexity index is 1350. The summed E-state index contributed by atoms with van der Waals surface area (Å²) in [5, 5.41) is 23.2. The number of carbonyl (C=O) groups excluding carboxylic acids is 2. The normalized spacial score (nSPS) is 31.6. The van der Waals surface area contributed by atoms with Crippen LogP contribution in [0.5, 0.6) is 11.5 Å². The number of aromatic hydroxyl groups is 1. The second kappa shape index (κ2) is 8.30. The topological polar surface area (TPSA) is 90.3 Å². The summed E-state index contributed by atoms with van der Waals surface area (Å²) in [6.45, 7) is 6.93. The number of aryl methyl sites for hydroxylation is 1. The van der Waals surface area contributed by atoms with Crippen LogP contribution in [-0.2, 0) is 10.2 Å². The lowest BCUT2D eigenvalue weighted by Gasteiger charge is -2.63. The van der Waals surface area contributed by atoms with Gasteiger partial charge < -0.3 is 19.8 Å². The number of phenols is 1. The van der Waals surface area contributed by atoms with Crippen molar-refractivity contribution in [1.29, 1.82) is 0 Å². The molecular weight excluding hydrogens is 468 g/mol. The van der Waals surface area contributed by atoms with Crippen molar-refractivity contribution in [2.45, 2.75) is 55.4 Å². The van der Waals surface area contributed by atoms with Gasteiger partial charge in [-0.15, -0.1) is 6.58 Å². The Morgan fingerprint density at radius 3 is 2.86 bits per heavy atom. The SMILES string of the molecule is C=CCN1CC[C@]23c4c5ccc(O)c4O[C@H]2[C@H](N(C)C(=O)C=Cc2cccc(C)c2)CC[C@@]3(O)[C@H]1C5=O. The predicted molar refractivity (Wildman–Crippen MR) is 140 cm³/mol. The smallest absolute Gasteiger partial charge is 0.246 e. The average molecular weight is 501 g/mol. The third-order valence-corrected chi connectivity index (χ3v) is 9.05. The van der Waals surface area contributed by atoms with Gasteiger partial charge in [-0.05, 0) is 50.0 Å². The van der Waals surface area contributed by atoms with E-state index in [1.165, 1.54) is 6.07 Å². The van der Waals surface area contributed by atoms with Crippen LogP contribution in [0.2, 0.25) is 0 Å². The van der Waals surface area contributed by atoms with Crippen molar-refractivity contribution in [2.75, 3.05) is 20.1 Å². The second-order valence-corrected chi connectivity index (χ2v) is 10.9. The van der Waals surface area contributed by atoms with Crippen molar-refractivity contribution < 1.29 is 24.5 Å². The molecule has 0 aromatic heterocycles. The fourth-order valence-corrected chi connectivity index (χ4v) is 7.45. The number of ether oxygens (including phenoxy) is 1. The minimum absolute atomic E-state index is 0.0447. The lowest BCUT2D eigenvalue weighted by Crippen LogP contribution is -2.79. The van der Waals surface area contributed by atoms with Crippen LogP contribution < -0.4 is 4.74 Å². The monoisotopic (exact) mass is 500 g/mol. The molecule has 6 rings (SSSR count). The van der Waals surface area contributed by atoms with Crippen molar-refractivity contribution in [3.8, 4) is 11.5 Å². The number of likely N-dealkylation sites (N-methyl/N-ethyl adjacent to an activating group) is 1. The number of ketones is 1. The van der Waals surface area contributed by atoms with E-state index in [1.54, 1.807) is 36.2 Å². The van der Waals surface area contributed by atoms with E-state index in [9.17, 15) is 19.8 Å². The van der Waals surface area contributed by atoms with Crippen LogP contribution in [0.3, 0.4) is 0 Å². The zero-order chi connectivity index (χ0) is 26.1. The summed E-state index contributed by atoms with van der Waals surface area (Å²) in [6, 6.07) is 10.0. The number of benzene rings is 2. The third-order valence-electron chi connectivity index (χ3n) is 9.05. The maximum absolute atomic E-state index is 13.8. The predicted octanol–water partition coefficient (Wildman–Crippen LogP) is 3.22. The molecule has 1 saturated heterocycles. The highest BCUT2D eigenvalue weighted by atomic mass is 16.5. The Morgan fingerprint density at radius 2 is 2.11 bits per heavy atom. The number of hydrogen-bond acceptors (Lipinski definition) is 6. The van der Waals surface area contributed by atoms with Gasteiger partial charge in [0.15, 0.2) is 17.3 Å². The first-order valence-electron chi connectivity index (χ1n) is 12.9. The molecule has 1 amide bonds. The van der Waals surface area contributed by atoms with Crippen LogP contribution in [0, 0.1) is 6.92 Å². The first kappa shape index (κ1) is 23.9. The van der Waals surface area contributed by atoms with Crippen molar-refractivity contribution in [3.63, 3.8) is 0 Å². The number of Topliss-reactive ketones (excluding diaryl/α,β-unsaturated/α-hetero) is 1. The molecular formula is C30H32N2O5. The summed E-state index contributed by atoms with van der Waals surface area (Å²) < 4.78 is 6.46. The molecule has 5 atom stereocenters. The summed E-state index contributed by atoms with van der Waals surface area (Å²) in [4.78, 5) is 30.8. The molecule has 4 aliphatic rings. The summed E-state index contributed by atoms with van der Waals surface area (Å²) in [5.74, 6) is -0.0845. The molecule has 2 aliphatic carbocycles. The number of amides is 1. The highest BCUT2D eigenvalue weighted by molar-refractivity contribution is 6.06. The van der Waals surface area contributed by atoms with E-state index in [2.05, 4.69) is 6.58 Å². The Balaban J connectivity index is 1.41. The number of carbonyl (C=O) groups is 2. The number of phenolic OH excluding ortho intramolecular Hbond substituents is 1. The van der Waals surface area contributed by atoms with Gasteiger partial charge in [0, 0.05) is 37.3 Å². The number of likely N-dealkylation sites (tertiary alicyclic amines) is 1. The Kier molecular flexibility index (Phi) is 5.37. The highest BCUT2D eigenvalue weighted by Gasteiger charge is 2.75. The molecule has 2 heterocycles. The van der Waals surface area contributed by atoms with E-state index < -0.39 is 23.2 Å². The van der Waals surface area contributed by atoms with Gasteiger partial charge in [0.05, 0.1) is 11.5 Å². The molecule has 2 aromatic rings. The Labute approximate surface area is 216 Å². The van der Waals surface area contributed by atoms with Crippen LogP contribution in [0.1, 0.15) is 46.3 Å². The average Bonchev–Trinajstić information content (AvgIpc) is 3.22. The minimum Gasteiger partial charge on any atom is -0.504 e. The van der Waals surface area contributed by atoms with E-state index in [-0.39, 0.29) is 29.2 Å². The fraction of sp³-hybridized carbons (Fsp3) is 0.400. The molecule has 1 spiro atoms. The molecule has 7 nitrogen and oxygen atoms in total. The van der Waals surface area contributed by atoms with Crippen molar-refractivity contribution in [3.05, 3.63) is 77.4 Å². The highest BCUT2D eigenvalue weighted by Crippen LogP contribution is 2.65. The maximum Gasteiger partial charge on any atom is 0.246 e. The van der Waals surface area contributed by atoms with Gasteiger partial charge in [0.1, 0.15) is 17.7 Å². The van der Waals surface area contributed by atoms with Gasteiger partial charge in [0.2, 0.25) is 5.91 Å². The molecule has 2 aliphatic heterocycles. The molecule has 2 aromatic carbocycles. The van der Waals surface area contributed by atoms with E-state index in [0.29, 0.717) is 43.5 Å². The van der Waals surface area contributed by atoms with Crippen molar-refractivity contribution >= 4 is 17.8 Å². The lowest BCUT2D eigenvalue weighted by atomic mass is 9.48. The molecule has 2 N–H and O–H groups in total. The van der Waals surface area contributed by atoms with Crippen LogP contribution in [-0.4, -0.2) is 75.6 Å². The van der Waals surface area contributed by atoms with Gasteiger partial charge in [-0.2, -0.15) is 0 Å². The third kappa shape index (κ3) is 3.14. The molecule has 2 fully saturated rings. The van der Waals surface area contributed by atoms with Crippen LogP contribution in [0.25, 0.3) is 6.08 Å². The molecule has 0 radical (unpaired) electrons. The first-order chi connectivity index (χ1) is 17.7. The van der Waals surface area contributed by atoms with Gasteiger partial charge in [0.25, 0.3) is 0 Å². The standard InChI is InChI=1S/C30H32N2O5/c1-4-15-32-16-14-29-24-20-9-10-22(33)26(24)37-28(29)21(12-13-30(29,36)27(32)25(20)35)31(3)23(34)11-8-19-7-5-6-18(2)17-19/h4-11,17,21,27-28,33,36H,1,12-16H2,2-3H3/t21-,27-,28+,29+,30-/m1/s1. The van der Waals surface area contributed by atoms with Gasteiger partial charge in [-0.1, -0.05) is 35.9 Å². The summed E-state index contributed by atoms with van der Waals surface area (Å²) in [5.41, 5.74) is 0.892. The second-order valence-electron chi connectivity index (χ2n) is 10.9. The first-order valence-corrected chi connectivity index (χ1v) is 12.9. The van der Waals surface area contributed by atoms with Crippen molar-refractivity contribution in [1.82, 2.24) is 9.80 Å². The lowest BCUT2D eigenvalue weighted by molar-refractivity contribution is -0.186. The maximum atomic E-state index is 13.8. The van der Waals surface area contributed by atoms with Gasteiger partial charge >= 0.3 is 0 Å². The van der Waals surface area contributed by atoms with E-state index in [1.807, 2.05) is 36.1 Å². The minimum atomic E-state index is -1.38. The van der Waals surface area contributed by atoms with Gasteiger partial charge in [-0.25, -0.2) is 0 Å². The molecule has 192 valence electrons. The fourth-order valence-electron chi connectivity index (χ4n) is 7.45. The molecule has 7 heteroatoms. The molecule has 37 heavy (non-hydrogen) atoms. The molecule has 1 saturated carbocycles. The van der Waals surface area contributed by atoms with E-state index in [0.717, 1.165) is 11.1 Å². The Hall–Kier alpha value is -3.42. The zero-order valence-electron chi connectivity index (χ0n) is 21.2. The van der Waals surface area contributed by atoms with Crippen LogP contribution in [0.15, 0.2) is 55.1 Å². The zero-order valence-corrected chi connectivity index (χ0v) is 21.2. The molecule has 2 bridgehead atoms. The quantitative estimate of drug-likeness (QED) is 0.484. The Morgan fingerprint density at radius 1 is 1.30 bits per heavy atom. The van der Waals surface area contributed by atoms with E-state index >= 15 is 0 Å². The largest absolute Gasteiger partial charge is 0.504 e. The van der Waals surface area contributed by atoms with Gasteiger partial charge in [-0.3, -0.25) is 14.5 Å². The van der Waals surface area contributed by atoms with Crippen molar-refractivity contribution in [2.24, 2.45) is 0 Å². The number of hydrogen-bond donors (Lipinski definition) is 2. The number of aliphatic hydroxyl groups is 1. The number of nitrogens with zero attached hydrogens (tertiary/aromatic N) is 2. The molecule has 0 unspecified atom stereocenters. The number of piperidine rings is 1. The summed E-state index contributed by atoms with van der Waals surface area (Å²) in [6.07, 6.45) is 5.91. The summed E-state index contributed by atoms with van der Waals surface area (Å²) >= 11 is 0. The number of rotatable bonds is 5. The van der Waals surface area contributed by atoms with Crippen LogP contribution >= 0.6 is 0 Å².